The van der Waals surface area contributed by atoms with Gasteiger partial charge < -0.3 is 10.1 Å². The summed E-state index contributed by atoms with van der Waals surface area (Å²) in [5.74, 6) is 0.773. The summed E-state index contributed by atoms with van der Waals surface area (Å²) in [5.41, 5.74) is 3.67. The highest BCUT2D eigenvalue weighted by atomic mass is 35.5. The van der Waals surface area contributed by atoms with Gasteiger partial charge in [0, 0.05) is 16.3 Å². The maximum Gasteiger partial charge on any atom is 0.339 e. The molecule has 0 heterocycles. The third kappa shape index (κ3) is 6.64. The number of urea groups is 1. The van der Waals surface area contributed by atoms with Crippen molar-refractivity contribution in [1.82, 2.24) is 5.43 Å². The minimum Gasteiger partial charge on any atom is -0.494 e. The zero-order valence-corrected chi connectivity index (χ0v) is 15.3. The molecule has 2 N–H and O–H groups in total. The predicted octanol–water partition coefficient (Wildman–Crippen LogP) is 5.33. The lowest BCUT2D eigenvalue weighted by Crippen LogP contribution is -2.24. The fourth-order valence-electron chi connectivity index (χ4n) is 1.89. The normalized spacial score (nSPS) is 10.7. The lowest BCUT2D eigenvalue weighted by atomic mass is 10.2. The van der Waals surface area contributed by atoms with Gasteiger partial charge in [0.1, 0.15) is 5.75 Å². The number of carbonyl (C=O) groups excluding carboxylic acids is 1. The van der Waals surface area contributed by atoms with Gasteiger partial charge >= 0.3 is 6.03 Å². The first-order valence-electron chi connectivity index (χ1n) is 7.86. The Morgan fingerprint density at radius 2 is 1.96 bits per heavy atom. The molecule has 0 aliphatic carbocycles. The highest BCUT2D eigenvalue weighted by Crippen LogP contribution is 2.19. The second-order valence-corrected chi connectivity index (χ2v) is 6.06. The van der Waals surface area contributed by atoms with E-state index in [1.165, 1.54) is 6.21 Å². The molecular formula is C18H19Cl2N3O2. The second kappa shape index (κ2) is 9.91. The third-order valence-corrected chi connectivity index (χ3v) is 3.77. The van der Waals surface area contributed by atoms with Gasteiger partial charge in [-0.05, 0) is 42.8 Å². The van der Waals surface area contributed by atoms with E-state index in [9.17, 15) is 4.79 Å². The Balaban J connectivity index is 1.82. The predicted molar refractivity (Wildman–Crippen MR) is 103 cm³/mol. The van der Waals surface area contributed by atoms with Crippen LogP contribution in [0.5, 0.6) is 5.75 Å². The van der Waals surface area contributed by atoms with Crippen molar-refractivity contribution < 1.29 is 9.53 Å². The van der Waals surface area contributed by atoms with Crippen LogP contribution in [0, 0.1) is 0 Å². The van der Waals surface area contributed by atoms with Gasteiger partial charge in [-0.25, -0.2) is 10.2 Å². The number of carbonyl (C=O) groups is 1. The van der Waals surface area contributed by atoms with E-state index in [1.54, 1.807) is 30.3 Å². The van der Waals surface area contributed by atoms with Crippen LogP contribution in [0.1, 0.15) is 25.3 Å². The second-order valence-electron chi connectivity index (χ2n) is 5.22. The molecule has 5 nitrogen and oxygen atoms in total. The lowest BCUT2D eigenvalue weighted by molar-refractivity contribution is 0.252. The first-order valence-corrected chi connectivity index (χ1v) is 8.62. The van der Waals surface area contributed by atoms with E-state index in [-0.39, 0.29) is 0 Å². The first kappa shape index (κ1) is 19.1. The van der Waals surface area contributed by atoms with Crippen molar-refractivity contribution in [3.63, 3.8) is 0 Å². The summed E-state index contributed by atoms with van der Waals surface area (Å²) in [6, 6.07) is 11.7. The molecule has 0 radical (unpaired) electrons. The Bertz CT molecular complexity index is 734. The fourth-order valence-corrected chi connectivity index (χ4v) is 2.35. The van der Waals surface area contributed by atoms with Crippen molar-refractivity contribution in [2.75, 3.05) is 11.9 Å². The molecule has 0 spiro atoms. The number of ether oxygens (including phenoxy) is 1. The van der Waals surface area contributed by atoms with Crippen LogP contribution in [0.2, 0.25) is 10.0 Å². The Morgan fingerprint density at radius 3 is 2.64 bits per heavy atom. The minimum atomic E-state index is -0.457. The molecule has 0 bridgehead atoms. The molecule has 0 aliphatic rings. The lowest BCUT2D eigenvalue weighted by Gasteiger charge is -2.07. The molecule has 0 aromatic heterocycles. The topological polar surface area (TPSA) is 62.7 Å². The molecule has 0 aliphatic heterocycles. The highest BCUT2D eigenvalue weighted by Gasteiger charge is 2.02. The monoisotopic (exact) mass is 379 g/mol. The summed E-state index contributed by atoms with van der Waals surface area (Å²) < 4.78 is 5.57. The number of nitrogens with one attached hydrogen (secondary N) is 2. The number of nitrogens with zero attached hydrogens (tertiary/aromatic N) is 1. The van der Waals surface area contributed by atoms with Crippen molar-refractivity contribution in [1.29, 1.82) is 0 Å². The summed E-state index contributed by atoms with van der Waals surface area (Å²) in [4.78, 5) is 11.8. The molecule has 0 atom stereocenters. The zero-order valence-electron chi connectivity index (χ0n) is 13.8. The minimum absolute atomic E-state index is 0.456. The number of hydrogen-bond donors (Lipinski definition) is 2. The number of amides is 2. The van der Waals surface area contributed by atoms with Crippen molar-refractivity contribution in [2.24, 2.45) is 5.10 Å². The molecule has 2 aromatic carbocycles. The number of hydrazone groups is 1. The van der Waals surface area contributed by atoms with E-state index < -0.39 is 6.03 Å². The number of benzene rings is 2. The van der Waals surface area contributed by atoms with Crippen molar-refractivity contribution in [2.45, 2.75) is 19.8 Å². The standard InChI is InChI=1S/C18H19Cl2N3O2/c1-2-3-10-25-16-8-6-15(7-9-16)22-18(24)23-21-12-13-4-5-14(19)11-17(13)20/h4-9,11-12H,2-3,10H2,1H3,(H2,22,23,24). The van der Waals surface area contributed by atoms with Crippen LogP contribution in [-0.4, -0.2) is 18.9 Å². The Kier molecular flexibility index (Phi) is 7.57. The maximum absolute atomic E-state index is 11.8. The molecule has 2 rings (SSSR count). The largest absolute Gasteiger partial charge is 0.494 e. The Hall–Kier alpha value is -2.24. The summed E-state index contributed by atoms with van der Waals surface area (Å²) in [6.45, 7) is 2.80. The first-order chi connectivity index (χ1) is 12.1. The van der Waals surface area contributed by atoms with Crippen LogP contribution >= 0.6 is 23.2 Å². The summed E-state index contributed by atoms with van der Waals surface area (Å²) >= 11 is 11.8. The Labute approximate surface area is 157 Å². The van der Waals surface area contributed by atoms with Gasteiger partial charge in [0.05, 0.1) is 17.8 Å². The van der Waals surface area contributed by atoms with Gasteiger partial charge in [0.2, 0.25) is 0 Å². The van der Waals surface area contributed by atoms with Crippen molar-refractivity contribution in [3.8, 4) is 5.75 Å². The average Bonchev–Trinajstić information content (AvgIpc) is 2.59. The van der Waals surface area contributed by atoms with Crippen LogP contribution in [-0.2, 0) is 0 Å². The molecule has 25 heavy (non-hydrogen) atoms. The van der Waals surface area contributed by atoms with Gasteiger partial charge in [-0.2, -0.15) is 5.10 Å². The van der Waals surface area contributed by atoms with Gasteiger partial charge in [-0.3, -0.25) is 0 Å². The van der Waals surface area contributed by atoms with Crippen molar-refractivity contribution >= 4 is 41.1 Å². The molecule has 0 fully saturated rings. The van der Waals surface area contributed by atoms with Crippen LogP contribution < -0.4 is 15.5 Å². The van der Waals surface area contributed by atoms with E-state index in [0.29, 0.717) is 27.9 Å². The quantitative estimate of drug-likeness (QED) is 0.388. The van der Waals surface area contributed by atoms with Gasteiger partial charge in [-0.1, -0.05) is 42.6 Å². The highest BCUT2D eigenvalue weighted by molar-refractivity contribution is 6.36. The van der Waals surface area contributed by atoms with E-state index in [2.05, 4.69) is 22.8 Å². The smallest absolute Gasteiger partial charge is 0.339 e. The molecule has 132 valence electrons. The number of unbranched alkanes of at least 4 members (excludes halogenated alkanes) is 1. The maximum atomic E-state index is 11.8. The van der Waals surface area contributed by atoms with E-state index in [1.807, 2.05) is 12.1 Å². The molecule has 2 amide bonds. The van der Waals surface area contributed by atoms with E-state index in [0.717, 1.165) is 18.6 Å². The number of halogens is 2. The van der Waals surface area contributed by atoms with Crippen LogP contribution in [0.15, 0.2) is 47.6 Å². The summed E-state index contributed by atoms with van der Waals surface area (Å²) in [6.07, 6.45) is 3.54. The Morgan fingerprint density at radius 1 is 1.20 bits per heavy atom. The van der Waals surface area contributed by atoms with Gasteiger partial charge in [0.25, 0.3) is 0 Å². The number of rotatable bonds is 7. The molecule has 0 saturated heterocycles. The zero-order chi connectivity index (χ0) is 18.1. The van der Waals surface area contributed by atoms with Gasteiger partial charge in [0.15, 0.2) is 0 Å². The van der Waals surface area contributed by atoms with E-state index >= 15 is 0 Å². The number of anilines is 1. The van der Waals surface area contributed by atoms with Crippen LogP contribution in [0.25, 0.3) is 0 Å². The summed E-state index contributed by atoms with van der Waals surface area (Å²) in [5, 5.41) is 7.52. The SMILES string of the molecule is CCCCOc1ccc(NC(=O)NN=Cc2ccc(Cl)cc2Cl)cc1. The molecule has 0 saturated carbocycles. The third-order valence-electron chi connectivity index (χ3n) is 3.21. The summed E-state index contributed by atoms with van der Waals surface area (Å²) in [7, 11) is 0. The average molecular weight is 380 g/mol. The van der Waals surface area contributed by atoms with E-state index in [4.69, 9.17) is 27.9 Å². The van der Waals surface area contributed by atoms with Gasteiger partial charge in [-0.15, -0.1) is 0 Å². The van der Waals surface area contributed by atoms with Crippen molar-refractivity contribution in [3.05, 3.63) is 58.1 Å². The molecular weight excluding hydrogens is 361 g/mol. The molecule has 0 unspecified atom stereocenters. The van der Waals surface area contributed by atoms with Crippen LogP contribution in [0.4, 0.5) is 10.5 Å². The molecule has 2 aromatic rings. The van der Waals surface area contributed by atoms with Crippen LogP contribution in [0.3, 0.4) is 0 Å². The molecule has 7 heteroatoms. The number of hydrogen-bond acceptors (Lipinski definition) is 3. The fraction of sp³-hybridized carbons (Fsp3) is 0.222.